The summed E-state index contributed by atoms with van der Waals surface area (Å²) >= 11 is 0. The van der Waals surface area contributed by atoms with Gasteiger partial charge in [-0.25, -0.2) is 0 Å². The van der Waals surface area contributed by atoms with Gasteiger partial charge in [0.2, 0.25) is 0 Å². The summed E-state index contributed by atoms with van der Waals surface area (Å²) in [5, 5.41) is 2.30. The number of benzene rings is 2. The minimum absolute atomic E-state index is 0.292. The summed E-state index contributed by atoms with van der Waals surface area (Å²) < 4.78 is 11.8. The van der Waals surface area contributed by atoms with Crippen molar-refractivity contribution in [2.24, 2.45) is 0 Å². The van der Waals surface area contributed by atoms with Gasteiger partial charge in [-0.05, 0) is 38.5 Å². The van der Waals surface area contributed by atoms with Crippen molar-refractivity contribution >= 4 is 0 Å². The van der Waals surface area contributed by atoms with Gasteiger partial charge in [0.25, 0.3) is 0 Å². The van der Waals surface area contributed by atoms with Crippen LogP contribution in [0.5, 0.6) is 5.75 Å². The Balaban J connectivity index is 1.80. The number of hydrogen-bond acceptors (Lipinski definition) is 2. The second-order valence-electron chi connectivity index (χ2n) is 6.32. The first-order valence-electron chi connectivity index (χ1n) is 8.29. The monoisotopic (exact) mass is 314 g/mol. The molecule has 2 aromatic rings. The lowest BCUT2D eigenvalue weighted by atomic mass is 10.2. The summed E-state index contributed by atoms with van der Waals surface area (Å²) in [7, 11) is 0. The summed E-state index contributed by atoms with van der Waals surface area (Å²) in [6.45, 7) is 8.44. The molecule has 23 heavy (non-hydrogen) atoms. The van der Waals surface area contributed by atoms with E-state index in [4.69, 9.17) is 9.47 Å². The molecule has 0 amide bonds. The fraction of sp³-hybridized carbons (Fsp3) is 0.400. The lowest BCUT2D eigenvalue weighted by Gasteiger charge is -2.19. The fourth-order valence-corrected chi connectivity index (χ4v) is 2.44. The van der Waals surface area contributed by atoms with E-state index in [2.05, 4.69) is 50.4 Å². The molecule has 0 saturated heterocycles. The zero-order valence-electron chi connectivity index (χ0n) is 14.4. The highest BCUT2D eigenvalue weighted by Gasteiger charge is 2.15. The largest absolute Gasteiger partial charge is 0.487 e. The lowest BCUT2D eigenvalue weighted by Crippen LogP contribution is -2.95. The molecule has 0 bridgehead atoms. The zero-order chi connectivity index (χ0) is 16.5. The minimum atomic E-state index is 0.292. The summed E-state index contributed by atoms with van der Waals surface area (Å²) in [5.74, 6) is 0.917. The SMILES string of the molecule is Cc1ccc(OC[C@@H](COCc2ccccc2)[NH2+]C(C)C)cc1. The van der Waals surface area contributed by atoms with Crippen molar-refractivity contribution in [3.8, 4) is 5.75 Å². The van der Waals surface area contributed by atoms with Gasteiger partial charge in [0.15, 0.2) is 0 Å². The molecule has 0 aliphatic heterocycles. The van der Waals surface area contributed by atoms with Gasteiger partial charge in [0.05, 0.1) is 12.6 Å². The summed E-state index contributed by atoms with van der Waals surface area (Å²) in [6.07, 6.45) is 0. The first kappa shape index (κ1) is 17.5. The molecule has 0 aliphatic rings. The van der Waals surface area contributed by atoms with Crippen molar-refractivity contribution in [1.29, 1.82) is 0 Å². The zero-order valence-corrected chi connectivity index (χ0v) is 14.4. The Morgan fingerprint density at radius 1 is 0.913 bits per heavy atom. The topological polar surface area (TPSA) is 35.1 Å². The molecule has 0 spiro atoms. The van der Waals surface area contributed by atoms with Crippen LogP contribution >= 0.6 is 0 Å². The second-order valence-corrected chi connectivity index (χ2v) is 6.32. The molecule has 2 N–H and O–H groups in total. The molecule has 124 valence electrons. The Labute approximate surface area is 139 Å². The molecular weight excluding hydrogens is 286 g/mol. The van der Waals surface area contributed by atoms with Gasteiger partial charge in [0, 0.05) is 0 Å². The standard InChI is InChI=1S/C20H27NO2/c1-16(2)21-19(14-22-13-18-7-5-4-6-8-18)15-23-20-11-9-17(3)10-12-20/h4-12,16,19,21H,13-15H2,1-3H3/p+1/t19-/m1/s1. The van der Waals surface area contributed by atoms with Crippen LogP contribution in [-0.2, 0) is 11.3 Å². The number of hydrogen-bond donors (Lipinski definition) is 1. The van der Waals surface area contributed by atoms with E-state index in [1.54, 1.807) is 0 Å². The molecule has 1 atom stereocenters. The highest BCUT2D eigenvalue weighted by molar-refractivity contribution is 5.26. The van der Waals surface area contributed by atoms with Crippen molar-refractivity contribution in [1.82, 2.24) is 0 Å². The molecule has 0 unspecified atom stereocenters. The number of rotatable bonds is 9. The van der Waals surface area contributed by atoms with Crippen molar-refractivity contribution in [3.05, 3.63) is 65.7 Å². The molecule has 3 heteroatoms. The average Bonchev–Trinajstić information content (AvgIpc) is 2.54. The molecule has 0 aromatic heterocycles. The van der Waals surface area contributed by atoms with E-state index in [0.717, 1.165) is 5.75 Å². The maximum atomic E-state index is 5.92. The quantitative estimate of drug-likeness (QED) is 0.772. The molecular formula is C20H28NO2+. The minimum Gasteiger partial charge on any atom is -0.487 e. The van der Waals surface area contributed by atoms with Crippen LogP contribution in [0.25, 0.3) is 0 Å². The molecule has 0 heterocycles. The van der Waals surface area contributed by atoms with Crippen LogP contribution in [0, 0.1) is 6.92 Å². The van der Waals surface area contributed by atoms with Crippen molar-refractivity contribution < 1.29 is 14.8 Å². The smallest absolute Gasteiger partial charge is 0.144 e. The van der Waals surface area contributed by atoms with E-state index >= 15 is 0 Å². The van der Waals surface area contributed by atoms with Crippen LogP contribution in [-0.4, -0.2) is 25.3 Å². The third-order valence-corrected chi connectivity index (χ3v) is 3.59. The summed E-state index contributed by atoms with van der Waals surface area (Å²) in [6, 6.07) is 19.3. The van der Waals surface area contributed by atoms with Gasteiger partial charge in [-0.3, -0.25) is 0 Å². The molecule has 2 aromatic carbocycles. The van der Waals surface area contributed by atoms with Crippen LogP contribution in [0.3, 0.4) is 0 Å². The highest BCUT2D eigenvalue weighted by Crippen LogP contribution is 2.11. The van der Waals surface area contributed by atoms with Gasteiger partial charge in [-0.2, -0.15) is 0 Å². The van der Waals surface area contributed by atoms with Crippen molar-refractivity contribution in [2.75, 3.05) is 13.2 Å². The van der Waals surface area contributed by atoms with Crippen LogP contribution in [0.15, 0.2) is 54.6 Å². The lowest BCUT2D eigenvalue weighted by molar-refractivity contribution is -0.718. The molecule has 3 nitrogen and oxygen atoms in total. The Morgan fingerprint density at radius 2 is 1.61 bits per heavy atom. The summed E-state index contributed by atoms with van der Waals surface area (Å²) in [5.41, 5.74) is 2.45. The van der Waals surface area contributed by atoms with Crippen LogP contribution in [0.2, 0.25) is 0 Å². The predicted octanol–water partition coefficient (Wildman–Crippen LogP) is 2.93. The highest BCUT2D eigenvalue weighted by atomic mass is 16.5. The fourth-order valence-electron chi connectivity index (χ4n) is 2.44. The van der Waals surface area contributed by atoms with Gasteiger partial charge in [-0.1, -0.05) is 48.0 Å². The van der Waals surface area contributed by atoms with Gasteiger partial charge < -0.3 is 14.8 Å². The summed E-state index contributed by atoms with van der Waals surface area (Å²) in [4.78, 5) is 0. The van der Waals surface area contributed by atoms with E-state index < -0.39 is 0 Å². The molecule has 0 radical (unpaired) electrons. The number of ether oxygens (including phenoxy) is 2. The van der Waals surface area contributed by atoms with E-state index in [9.17, 15) is 0 Å². The first-order valence-corrected chi connectivity index (χ1v) is 8.29. The van der Waals surface area contributed by atoms with Gasteiger partial charge >= 0.3 is 0 Å². The molecule has 0 saturated carbocycles. The number of aryl methyl sites for hydroxylation is 1. The molecule has 0 aliphatic carbocycles. The maximum absolute atomic E-state index is 5.92. The number of quaternary nitrogens is 1. The Bertz CT molecular complexity index is 552. The van der Waals surface area contributed by atoms with Gasteiger partial charge in [-0.15, -0.1) is 0 Å². The Kier molecular flexibility index (Phi) is 7.11. The maximum Gasteiger partial charge on any atom is 0.144 e. The van der Waals surface area contributed by atoms with E-state index in [0.29, 0.717) is 31.9 Å². The van der Waals surface area contributed by atoms with Crippen molar-refractivity contribution in [2.45, 2.75) is 39.5 Å². The van der Waals surface area contributed by atoms with E-state index in [1.807, 2.05) is 30.3 Å². The second kappa shape index (κ2) is 9.33. The van der Waals surface area contributed by atoms with Crippen LogP contribution < -0.4 is 10.1 Å². The molecule has 0 fully saturated rings. The third-order valence-electron chi connectivity index (χ3n) is 3.59. The van der Waals surface area contributed by atoms with Crippen molar-refractivity contribution in [3.63, 3.8) is 0 Å². The van der Waals surface area contributed by atoms with Crippen LogP contribution in [0.1, 0.15) is 25.0 Å². The first-order chi connectivity index (χ1) is 11.1. The predicted molar refractivity (Wildman–Crippen MR) is 93.6 cm³/mol. The van der Waals surface area contributed by atoms with E-state index in [-0.39, 0.29) is 0 Å². The number of nitrogens with two attached hydrogens (primary N) is 1. The third kappa shape index (κ3) is 6.85. The molecule has 2 rings (SSSR count). The normalized spacial score (nSPS) is 12.3. The van der Waals surface area contributed by atoms with Gasteiger partial charge in [0.1, 0.15) is 25.0 Å². The van der Waals surface area contributed by atoms with Crippen LogP contribution in [0.4, 0.5) is 0 Å². The Hall–Kier alpha value is -1.84. The van der Waals surface area contributed by atoms with E-state index in [1.165, 1.54) is 11.1 Å². The average molecular weight is 314 g/mol. The Morgan fingerprint density at radius 3 is 2.26 bits per heavy atom.